The Kier molecular flexibility index (Phi) is 4.83. The van der Waals surface area contributed by atoms with Gasteiger partial charge in [0.1, 0.15) is 5.82 Å². The fraction of sp³-hybridized carbons (Fsp3) is 0.562. The molecule has 1 unspecified atom stereocenters. The van der Waals surface area contributed by atoms with Crippen LogP contribution < -0.4 is 10.6 Å². The fourth-order valence-electron chi connectivity index (χ4n) is 2.62. The molecule has 1 heterocycles. The fourth-order valence-corrected chi connectivity index (χ4v) is 2.62. The van der Waals surface area contributed by atoms with Crippen molar-refractivity contribution in [3.05, 3.63) is 30.1 Å². The van der Waals surface area contributed by atoms with Crippen LogP contribution in [0.3, 0.4) is 0 Å². The molecule has 0 saturated carbocycles. The highest BCUT2D eigenvalue weighted by molar-refractivity contribution is 5.82. The highest BCUT2D eigenvalue weighted by atomic mass is 19.1. The lowest BCUT2D eigenvalue weighted by molar-refractivity contribution is -0.141. The van der Waals surface area contributed by atoms with Crippen LogP contribution in [0.15, 0.2) is 24.3 Å². The summed E-state index contributed by atoms with van der Waals surface area (Å²) in [5, 5.41) is 0. The molecule has 1 aromatic rings. The van der Waals surface area contributed by atoms with E-state index in [0.717, 1.165) is 6.42 Å². The number of piperazine rings is 1. The Hall–Kier alpha value is -1.62. The summed E-state index contributed by atoms with van der Waals surface area (Å²) < 4.78 is 13.8. The van der Waals surface area contributed by atoms with Crippen molar-refractivity contribution in [1.29, 1.82) is 0 Å². The summed E-state index contributed by atoms with van der Waals surface area (Å²) in [6.07, 6.45) is 0.732. The second-order valence-electron chi connectivity index (χ2n) is 5.85. The predicted octanol–water partition coefficient (Wildman–Crippen LogP) is 1.85. The predicted molar refractivity (Wildman–Crippen MR) is 82.6 cm³/mol. The van der Waals surface area contributed by atoms with Gasteiger partial charge in [-0.3, -0.25) is 4.79 Å². The molecule has 1 atom stereocenters. The Morgan fingerprint density at radius 3 is 2.43 bits per heavy atom. The maximum atomic E-state index is 13.8. The van der Waals surface area contributed by atoms with Gasteiger partial charge in [0.25, 0.3) is 0 Å². The van der Waals surface area contributed by atoms with Crippen LogP contribution in [0.25, 0.3) is 0 Å². The topological polar surface area (TPSA) is 49.6 Å². The largest absolute Gasteiger partial charge is 0.366 e. The first-order chi connectivity index (χ1) is 10.0. The van der Waals surface area contributed by atoms with Crippen molar-refractivity contribution in [3.63, 3.8) is 0 Å². The first-order valence-corrected chi connectivity index (χ1v) is 7.51. The summed E-state index contributed by atoms with van der Waals surface area (Å²) in [6, 6.07) is 6.77. The standard InChI is InChI=1S/C16H24FN3O/c1-3-16(2,12-18)15(21)20-10-8-19(9-11-20)14-7-5-4-6-13(14)17/h4-7H,3,8-12,18H2,1-2H3. The van der Waals surface area contributed by atoms with E-state index in [2.05, 4.69) is 0 Å². The average molecular weight is 293 g/mol. The maximum absolute atomic E-state index is 13.8. The van der Waals surface area contributed by atoms with Crippen LogP contribution in [0.4, 0.5) is 10.1 Å². The Morgan fingerprint density at radius 1 is 1.29 bits per heavy atom. The molecule has 116 valence electrons. The SMILES string of the molecule is CCC(C)(CN)C(=O)N1CCN(c2ccccc2F)CC1. The highest BCUT2D eigenvalue weighted by Gasteiger charge is 2.35. The molecule has 2 N–H and O–H groups in total. The van der Waals surface area contributed by atoms with Crippen LogP contribution in [0.2, 0.25) is 0 Å². The molecule has 1 aliphatic rings. The van der Waals surface area contributed by atoms with Gasteiger partial charge in [0.2, 0.25) is 5.91 Å². The zero-order valence-electron chi connectivity index (χ0n) is 12.8. The molecule has 0 bridgehead atoms. The number of benzene rings is 1. The van der Waals surface area contributed by atoms with Gasteiger partial charge in [-0.15, -0.1) is 0 Å². The van der Waals surface area contributed by atoms with Crippen molar-refractivity contribution >= 4 is 11.6 Å². The number of rotatable bonds is 4. The number of nitrogens with two attached hydrogens (primary N) is 1. The van der Waals surface area contributed by atoms with Gasteiger partial charge in [-0.05, 0) is 25.5 Å². The van der Waals surface area contributed by atoms with E-state index < -0.39 is 5.41 Å². The minimum atomic E-state index is -0.486. The number of carbonyl (C=O) groups is 1. The highest BCUT2D eigenvalue weighted by Crippen LogP contribution is 2.25. The molecule has 21 heavy (non-hydrogen) atoms. The molecule has 0 spiro atoms. The second kappa shape index (κ2) is 6.43. The van der Waals surface area contributed by atoms with Gasteiger partial charge in [-0.1, -0.05) is 19.1 Å². The molecule has 1 amide bonds. The zero-order valence-corrected chi connectivity index (χ0v) is 12.8. The number of anilines is 1. The van der Waals surface area contributed by atoms with Crippen molar-refractivity contribution in [1.82, 2.24) is 4.90 Å². The number of halogens is 1. The van der Waals surface area contributed by atoms with E-state index in [9.17, 15) is 9.18 Å². The quantitative estimate of drug-likeness (QED) is 0.921. The van der Waals surface area contributed by atoms with E-state index in [-0.39, 0.29) is 11.7 Å². The molecule has 4 nitrogen and oxygen atoms in total. The van der Waals surface area contributed by atoms with Crippen LogP contribution in [-0.2, 0) is 4.79 Å². The molecule has 1 aliphatic heterocycles. The summed E-state index contributed by atoms with van der Waals surface area (Å²) in [5.41, 5.74) is 5.88. The van der Waals surface area contributed by atoms with Crippen LogP contribution in [0.5, 0.6) is 0 Å². The summed E-state index contributed by atoms with van der Waals surface area (Å²) in [6.45, 7) is 6.79. The normalized spacial score (nSPS) is 18.5. The molecule has 0 radical (unpaired) electrons. The Morgan fingerprint density at radius 2 is 1.90 bits per heavy atom. The number of nitrogens with zero attached hydrogens (tertiary/aromatic N) is 2. The third-order valence-electron chi connectivity index (χ3n) is 4.51. The van der Waals surface area contributed by atoms with Gasteiger partial charge in [0, 0.05) is 32.7 Å². The van der Waals surface area contributed by atoms with Crippen LogP contribution >= 0.6 is 0 Å². The zero-order chi connectivity index (χ0) is 15.5. The van der Waals surface area contributed by atoms with Gasteiger partial charge >= 0.3 is 0 Å². The number of amides is 1. The molecular formula is C16H24FN3O. The van der Waals surface area contributed by atoms with E-state index in [0.29, 0.717) is 38.4 Å². The lowest BCUT2D eigenvalue weighted by atomic mass is 9.86. The Balaban J connectivity index is 2.01. The van der Waals surface area contributed by atoms with Gasteiger partial charge in [-0.2, -0.15) is 0 Å². The first-order valence-electron chi connectivity index (χ1n) is 7.51. The number of para-hydroxylation sites is 1. The molecule has 1 saturated heterocycles. The number of hydrogen-bond acceptors (Lipinski definition) is 3. The van der Waals surface area contributed by atoms with Crippen molar-refractivity contribution < 1.29 is 9.18 Å². The third-order valence-corrected chi connectivity index (χ3v) is 4.51. The van der Waals surface area contributed by atoms with Crippen molar-refractivity contribution in [2.75, 3.05) is 37.6 Å². The molecule has 0 aliphatic carbocycles. The molecule has 0 aromatic heterocycles. The van der Waals surface area contributed by atoms with Crippen LogP contribution in [0, 0.1) is 11.2 Å². The van der Waals surface area contributed by atoms with E-state index in [1.807, 2.05) is 29.7 Å². The van der Waals surface area contributed by atoms with Crippen molar-refractivity contribution in [2.45, 2.75) is 20.3 Å². The summed E-state index contributed by atoms with van der Waals surface area (Å²) in [4.78, 5) is 16.4. The molecular weight excluding hydrogens is 269 g/mol. The molecule has 1 fully saturated rings. The minimum absolute atomic E-state index is 0.112. The minimum Gasteiger partial charge on any atom is -0.366 e. The lowest BCUT2D eigenvalue weighted by Crippen LogP contribution is -2.54. The Labute approximate surface area is 125 Å². The number of carbonyl (C=O) groups excluding carboxylic acids is 1. The van der Waals surface area contributed by atoms with E-state index in [1.54, 1.807) is 12.1 Å². The van der Waals surface area contributed by atoms with Gasteiger partial charge in [-0.25, -0.2) is 4.39 Å². The van der Waals surface area contributed by atoms with Gasteiger partial charge < -0.3 is 15.5 Å². The molecule has 2 rings (SSSR count). The first kappa shape index (κ1) is 15.8. The number of hydrogen-bond donors (Lipinski definition) is 1. The van der Waals surface area contributed by atoms with E-state index >= 15 is 0 Å². The maximum Gasteiger partial charge on any atom is 0.229 e. The lowest BCUT2D eigenvalue weighted by Gasteiger charge is -2.40. The third kappa shape index (κ3) is 3.18. The molecule has 5 heteroatoms. The van der Waals surface area contributed by atoms with Gasteiger partial charge in [0.05, 0.1) is 11.1 Å². The van der Waals surface area contributed by atoms with Crippen LogP contribution in [0.1, 0.15) is 20.3 Å². The summed E-state index contributed by atoms with van der Waals surface area (Å²) in [5.74, 6) is -0.0988. The smallest absolute Gasteiger partial charge is 0.229 e. The monoisotopic (exact) mass is 293 g/mol. The van der Waals surface area contributed by atoms with Crippen molar-refractivity contribution in [3.8, 4) is 0 Å². The average Bonchev–Trinajstić information content (AvgIpc) is 2.54. The van der Waals surface area contributed by atoms with Crippen molar-refractivity contribution in [2.24, 2.45) is 11.1 Å². The van der Waals surface area contributed by atoms with E-state index in [4.69, 9.17) is 5.73 Å². The van der Waals surface area contributed by atoms with Crippen LogP contribution in [-0.4, -0.2) is 43.5 Å². The Bertz CT molecular complexity index is 494. The van der Waals surface area contributed by atoms with E-state index in [1.165, 1.54) is 6.07 Å². The summed E-state index contributed by atoms with van der Waals surface area (Å²) in [7, 11) is 0. The summed E-state index contributed by atoms with van der Waals surface area (Å²) >= 11 is 0. The second-order valence-corrected chi connectivity index (χ2v) is 5.85. The van der Waals surface area contributed by atoms with Gasteiger partial charge in [0.15, 0.2) is 0 Å². The molecule has 1 aromatic carbocycles.